The summed E-state index contributed by atoms with van der Waals surface area (Å²) in [5, 5.41) is 3.29. The van der Waals surface area contributed by atoms with Crippen LogP contribution in [-0.4, -0.2) is 21.6 Å². The number of nitrogens with one attached hydrogen (secondary N) is 1. The van der Waals surface area contributed by atoms with E-state index in [1.807, 2.05) is 0 Å². The van der Waals surface area contributed by atoms with Crippen molar-refractivity contribution in [2.45, 2.75) is 25.7 Å². The number of carbonyl (C=O) groups is 1. The topological polar surface area (TPSA) is 72.2 Å². The van der Waals surface area contributed by atoms with Gasteiger partial charge in [0.1, 0.15) is 5.75 Å². The predicted octanol–water partition coefficient (Wildman–Crippen LogP) is 3.45. The zero-order valence-electron chi connectivity index (χ0n) is 11.5. The van der Waals surface area contributed by atoms with Gasteiger partial charge in [-0.3, -0.25) is 9.00 Å². The number of carbonyl (C=O) groups excluding carboxylic acids is 1. The molecule has 1 fully saturated rings. The van der Waals surface area contributed by atoms with E-state index < -0.39 is 10.8 Å². The van der Waals surface area contributed by atoms with E-state index in [-0.39, 0.29) is 16.7 Å². The molecule has 1 aromatic carbocycles. The summed E-state index contributed by atoms with van der Waals surface area (Å²) in [4.78, 5) is 11.9. The van der Waals surface area contributed by atoms with Gasteiger partial charge in [-0.25, -0.2) is 0 Å². The molecule has 0 aliphatic heterocycles. The maximum absolute atomic E-state index is 12.0. The molecule has 0 spiro atoms. The van der Waals surface area contributed by atoms with Crippen LogP contribution in [0.5, 0.6) is 0 Å². The summed E-state index contributed by atoms with van der Waals surface area (Å²) in [7, 11) is -1.15. The first-order chi connectivity index (χ1) is 9.95. The molecule has 21 heavy (non-hydrogen) atoms. The zero-order chi connectivity index (χ0) is 15.4. The Morgan fingerprint density at radius 2 is 2.00 bits per heavy atom. The predicted molar refractivity (Wildman–Crippen MR) is 89.3 cm³/mol. The third kappa shape index (κ3) is 4.87. The SMILES string of the molecule is Nc1cc(Cl)cc(Cl)c1NC(=O)CS(=O)CC1CCCC1. The quantitative estimate of drug-likeness (QED) is 0.800. The van der Waals surface area contributed by atoms with Crippen LogP contribution < -0.4 is 11.1 Å². The lowest BCUT2D eigenvalue weighted by Crippen LogP contribution is -2.23. The van der Waals surface area contributed by atoms with Gasteiger partial charge in [0, 0.05) is 21.6 Å². The van der Waals surface area contributed by atoms with E-state index in [0.29, 0.717) is 28.1 Å². The Labute approximate surface area is 136 Å². The van der Waals surface area contributed by atoms with Crippen LogP contribution in [0.25, 0.3) is 0 Å². The minimum Gasteiger partial charge on any atom is -0.397 e. The van der Waals surface area contributed by atoms with Crippen molar-refractivity contribution >= 4 is 51.3 Å². The second kappa shape index (κ2) is 7.47. The van der Waals surface area contributed by atoms with Crippen molar-refractivity contribution in [3.05, 3.63) is 22.2 Å². The minimum absolute atomic E-state index is 0.0328. The highest BCUT2D eigenvalue weighted by Crippen LogP contribution is 2.32. The van der Waals surface area contributed by atoms with Gasteiger partial charge in [0.2, 0.25) is 5.91 Å². The van der Waals surface area contributed by atoms with Gasteiger partial charge in [-0.15, -0.1) is 0 Å². The van der Waals surface area contributed by atoms with Crippen LogP contribution in [0.15, 0.2) is 12.1 Å². The molecule has 3 N–H and O–H groups in total. The molecular formula is C14H18Cl2N2O2S. The maximum Gasteiger partial charge on any atom is 0.237 e. The summed E-state index contributed by atoms with van der Waals surface area (Å²) in [6, 6.07) is 3.02. The Kier molecular flexibility index (Phi) is 5.90. The van der Waals surface area contributed by atoms with Crippen molar-refractivity contribution in [2.75, 3.05) is 22.6 Å². The summed E-state index contributed by atoms with van der Waals surface area (Å²) < 4.78 is 12.0. The van der Waals surface area contributed by atoms with Crippen molar-refractivity contribution in [3.8, 4) is 0 Å². The lowest BCUT2D eigenvalue weighted by Gasteiger charge is -2.12. The van der Waals surface area contributed by atoms with Gasteiger partial charge < -0.3 is 11.1 Å². The van der Waals surface area contributed by atoms with Crippen molar-refractivity contribution in [2.24, 2.45) is 5.92 Å². The second-order valence-electron chi connectivity index (χ2n) is 5.30. The molecule has 1 atom stereocenters. The first-order valence-corrected chi connectivity index (χ1v) is 9.09. The number of nitrogens with two attached hydrogens (primary N) is 1. The molecule has 0 radical (unpaired) electrons. The molecule has 0 aromatic heterocycles. The fourth-order valence-corrected chi connectivity index (χ4v) is 4.44. The van der Waals surface area contributed by atoms with Gasteiger partial charge in [0.05, 0.1) is 16.4 Å². The van der Waals surface area contributed by atoms with Gasteiger partial charge in [-0.05, 0) is 30.9 Å². The van der Waals surface area contributed by atoms with Gasteiger partial charge >= 0.3 is 0 Å². The Balaban J connectivity index is 1.91. The number of anilines is 2. The molecule has 1 aliphatic rings. The van der Waals surface area contributed by atoms with Crippen molar-refractivity contribution in [1.29, 1.82) is 0 Å². The second-order valence-corrected chi connectivity index (χ2v) is 7.65. The fraction of sp³-hybridized carbons (Fsp3) is 0.500. The minimum atomic E-state index is -1.15. The van der Waals surface area contributed by atoms with E-state index in [1.165, 1.54) is 25.0 Å². The number of hydrogen-bond donors (Lipinski definition) is 2. The number of halogens is 2. The molecule has 1 aromatic rings. The lowest BCUT2D eigenvalue weighted by molar-refractivity contribution is -0.113. The summed E-state index contributed by atoms with van der Waals surface area (Å²) in [5.74, 6) is 0.705. The molecule has 2 rings (SSSR count). The molecule has 1 aliphatic carbocycles. The average molecular weight is 349 g/mol. The maximum atomic E-state index is 12.0. The molecule has 0 heterocycles. The molecule has 0 saturated heterocycles. The van der Waals surface area contributed by atoms with Crippen LogP contribution in [0.3, 0.4) is 0 Å². The Morgan fingerprint density at radius 1 is 1.33 bits per heavy atom. The number of hydrogen-bond acceptors (Lipinski definition) is 3. The third-order valence-electron chi connectivity index (χ3n) is 3.54. The average Bonchev–Trinajstić information content (AvgIpc) is 2.86. The highest BCUT2D eigenvalue weighted by molar-refractivity contribution is 7.85. The Hall–Kier alpha value is -0.780. The summed E-state index contributed by atoms with van der Waals surface area (Å²) in [6.45, 7) is 0. The number of benzene rings is 1. The standard InChI is InChI=1S/C14H18Cl2N2O2S/c15-10-5-11(16)14(12(17)6-10)18-13(19)8-21(20)7-9-3-1-2-4-9/h5-6,9H,1-4,7-8,17H2,(H,18,19). The molecule has 116 valence electrons. The number of amides is 1. The van der Waals surface area contributed by atoms with E-state index in [2.05, 4.69) is 5.32 Å². The monoisotopic (exact) mass is 348 g/mol. The van der Waals surface area contributed by atoms with Gasteiger partial charge in [0.15, 0.2) is 0 Å². The van der Waals surface area contributed by atoms with Crippen LogP contribution in [0.4, 0.5) is 11.4 Å². The number of rotatable bonds is 5. The van der Waals surface area contributed by atoms with E-state index in [9.17, 15) is 9.00 Å². The molecule has 4 nitrogen and oxygen atoms in total. The highest BCUT2D eigenvalue weighted by Gasteiger charge is 2.20. The molecule has 0 bridgehead atoms. The number of nitrogen functional groups attached to an aromatic ring is 1. The summed E-state index contributed by atoms with van der Waals surface area (Å²) in [5.41, 5.74) is 6.39. The molecule has 7 heteroatoms. The van der Waals surface area contributed by atoms with Crippen LogP contribution in [0.1, 0.15) is 25.7 Å². The van der Waals surface area contributed by atoms with Crippen molar-refractivity contribution in [1.82, 2.24) is 0 Å². The largest absolute Gasteiger partial charge is 0.397 e. The first-order valence-electron chi connectivity index (χ1n) is 6.85. The van der Waals surface area contributed by atoms with E-state index >= 15 is 0 Å². The van der Waals surface area contributed by atoms with Crippen LogP contribution >= 0.6 is 23.2 Å². The summed E-state index contributed by atoms with van der Waals surface area (Å²) >= 11 is 11.8. The molecule has 1 unspecified atom stereocenters. The zero-order valence-corrected chi connectivity index (χ0v) is 13.9. The third-order valence-corrected chi connectivity index (χ3v) is 5.48. The van der Waals surface area contributed by atoms with Crippen LogP contribution in [0, 0.1) is 5.92 Å². The van der Waals surface area contributed by atoms with Gasteiger partial charge in [0.25, 0.3) is 0 Å². The van der Waals surface area contributed by atoms with Gasteiger partial charge in [-0.2, -0.15) is 0 Å². The van der Waals surface area contributed by atoms with Crippen LogP contribution in [-0.2, 0) is 15.6 Å². The van der Waals surface area contributed by atoms with Crippen LogP contribution in [0.2, 0.25) is 10.0 Å². The van der Waals surface area contributed by atoms with Gasteiger partial charge in [-0.1, -0.05) is 36.0 Å². The lowest BCUT2D eigenvalue weighted by atomic mass is 10.1. The molecular weight excluding hydrogens is 331 g/mol. The normalized spacial score (nSPS) is 16.9. The smallest absolute Gasteiger partial charge is 0.237 e. The van der Waals surface area contributed by atoms with E-state index in [1.54, 1.807) is 0 Å². The van der Waals surface area contributed by atoms with Crippen molar-refractivity contribution < 1.29 is 9.00 Å². The molecule has 1 amide bonds. The van der Waals surface area contributed by atoms with Crippen molar-refractivity contribution in [3.63, 3.8) is 0 Å². The fourth-order valence-electron chi connectivity index (χ4n) is 2.55. The highest BCUT2D eigenvalue weighted by atomic mass is 35.5. The first kappa shape index (κ1) is 16.6. The molecule has 1 saturated carbocycles. The van der Waals surface area contributed by atoms with E-state index in [0.717, 1.165) is 12.8 Å². The Bertz CT molecular complexity index is 537. The van der Waals surface area contributed by atoms with E-state index in [4.69, 9.17) is 28.9 Å². The summed E-state index contributed by atoms with van der Waals surface area (Å²) in [6.07, 6.45) is 4.63. The Morgan fingerprint density at radius 3 is 2.62 bits per heavy atom.